The van der Waals surface area contributed by atoms with E-state index >= 15 is 0 Å². The SMILES string of the molecule is CCN(CC)c1ccc(N(CCCC(=O)O)CCC(=O)O)cn1. The Morgan fingerprint density at radius 3 is 2.13 bits per heavy atom. The predicted octanol–water partition coefficient (Wildman–Crippen LogP) is 2.07. The van der Waals surface area contributed by atoms with Gasteiger partial charge in [0.1, 0.15) is 5.82 Å². The lowest BCUT2D eigenvalue weighted by Crippen LogP contribution is -2.28. The molecule has 23 heavy (non-hydrogen) atoms. The number of pyridine rings is 1. The number of nitrogens with zero attached hydrogens (tertiary/aromatic N) is 3. The van der Waals surface area contributed by atoms with Gasteiger partial charge in [0.15, 0.2) is 0 Å². The molecule has 0 aliphatic heterocycles. The molecule has 0 unspecified atom stereocenters. The van der Waals surface area contributed by atoms with Crippen LogP contribution in [0.3, 0.4) is 0 Å². The molecule has 1 rings (SSSR count). The van der Waals surface area contributed by atoms with Crippen LogP contribution in [0.5, 0.6) is 0 Å². The lowest BCUT2D eigenvalue weighted by molar-refractivity contribution is -0.138. The van der Waals surface area contributed by atoms with Crippen molar-refractivity contribution < 1.29 is 19.8 Å². The van der Waals surface area contributed by atoms with Crippen LogP contribution in [0.2, 0.25) is 0 Å². The number of hydrogen-bond acceptors (Lipinski definition) is 5. The summed E-state index contributed by atoms with van der Waals surface area (Å²) in [7, 11) is 0. The number of rotatable bonds is 11. The van der Waals surface area contributed by atoms with E-state index in [1.807, 2.05) is 17.0 Å². The average Bonchev–Trinajstić information content (AvgIpc) is 2.52. The minimum Gasteiger partial charge on any atom is -0.481 e. The predicted molar refractivity (Wildman–Crippen MR) is 89.1 cm³/mol. The maximum absolute atomic E-state index is 10.8. The van der Waals surface area contributed by atoms with Crippen LogP contribution in [-0.2, 0) is 9.59 Å². The van der Waals surface area contributed by atoms with Crippen LogP contribution in [0, 0.1) is 0 Å². The Kier molecular flexibility index (Phi) is 7.87. The minimum atomic E-state index is -0.874. The van der Waals surface area contributed by atoms with Crippen molar-refractivity contribution in [2.24, 2.45) is 0 Å². The smallest absolute Gasteiger partial charge is 0.305 e. The second-order valence-corrected chi connectivity index (χ2v) is 5.17. The van der Waals surface area contributed by atoms with Crippen molar-refractivity contribution in [1.29, 1.82) is 0 Å². The molecule has 0 saturated heterocycles. The van der Waals surface area contributed by atoms with Gasteiger partial charge < -0.3 is 20.0 Å². The summed E-state index contributed by atoms with van der Waals surface area (Å²) < 4.78 is 0. The summed E-state index contributed by atoms with van der Waals surface area (Å²) in [6, 6.07) is 3.82. The maximum Gasteiger partial charge on any atom is 0.305 e. The van der Waals surface area contributed by atoms with E-state index in [1.54, 1.807) is 6.20 Å². The fourth-order valence-electron chi connectivity index (χ4n) is 2.32. The van der Waals surface area contributed by atoms with Gasteiger partial charge in [-0.25, -0.2) is 4.98 Å². The highest BCUT2D eigenvalue weighted by molar-refractivity contribution is 5.68. The molecule has 128 valence electrons. The highest BCUT2D eigenvalue weighted by atomic mass is 16.4. The molecule has 0 spiro atoms. The van der Waals surface area contributed by atoms with E-state index in [2.05, 4.69) is 23.7 Å². The molecule has 2 N–H and O–H groups in total. The molecular formula is C16H25N3O4. The third kappa shape index (κ3) is 6.54. The lowest BCUT2D eigenvalue weighted by Gasteiger charge is -2.25. The van der Waals surface area contributed by atoms with Crippen LogP contribution in [0.4, 0.5) is 11.5 Å². The summed E-state index contributed by atoms with van der Waals surface area (Å²) in [6.45, 7) is 6.68. The van der Waals surface area contributed by atoms with Gasteiger partial charge in [0.05, 0.1) is 18.3 Å². The van der Waals surface area contributed by atoms with E-state index in [9.17, 15) is 9.59 Å². The molecule has 0 aliphatic rings. The van der Waals surface area contributed by atoms with Crippen LogP contribution in [-0.4, -0.2) is 53.3 Å². The van der Waals surface area contributed by atoms with Crippen molar-refractivity contribution in [3.05, 3.63) is 18.3 Å². The van der Waals surface area contributed by atoms with Gasteiger partial charge in [0.2, 0.25) is 0 Å². The Hall–Kier alpha value is -2.31. The molecule has 0 aliphatic carbocycles. The third-order valence-electron chi connectivity index (χ3n) is 3.60. The number of hydrogen-bond donors (Lipinski definition) is 2. The second-order valence-electron chi connectivity index (χ2n) is 5.17. The fraction of sp³-hybridized carbons (Fsp3) is 0.562. The van der Waals surface area contributed by atoms with Gasteiger partial charge in [-0.2, -0.15) is 0 Å². The molecule has 0 saturated carbocycles. The van der Waals surface area contributed by atoms with Gasteiger partial charge in [-0.15, -0.1) is 0 Å². The van der Waals surface area contributed by atoms with Crippen LogP contribution in [0.25, 0.3) is 0 Å². The first-order valence-electron chi connectivity index (χ1n) is 7.87. The zero-order valence-electron chi connectivity index (χ0n) is 13.7. The zero-order chi connectivity index (χ0) is 17.2. The average molecular weight is 323 g/mol. The van der Waals surface area contributed by atoms with Crippen molar-refractivity contribution in [3.8, 4) is 0 Å². The summed E-state index contributed by atoms with van der Waals surface area (Å²) in [5.41, 5.74) is 0.813. The highest BCUT2D eigenvalue weighted by Gasteiger charge is 2.11. The van der Waals surface area contributed by atoms with Gasteiger partial charge in [-0.3, -0.25) is 9.59 Å². The summed E-state index contributed by atoms with van der Waals surface area (Å²) in [4.78, 5) is 29.9. The summed E-state index contributed by atoms with van der Waals surface area (Å²) in [6.07, 6.45) is 2.25. The molecule has 1 aromatic rings. The Morgan fingerprint density at radius 2 is 1.65 bits per heavy atom. The maximum atomic E-state index is 10.8. The number of carboxylic acid groups (broad SMARTS) is 2. The monoisotopic (exact) mass is 323 g/mol. The van der Waals surface area contributed by atoms with Crippen LogP contribution < -0.4 is 9.80 Å². The van der Waals surface area contributed by atoms with E-state index in [-0.39, 0.29) is 12.8 Å². The topological polar surface area (TPSA) is 94.0 Å². The summed E-state index contributed by atoms with van der Waals surface area (Å²) in [5, 5.41) is 17.6. The van der Waals surface area contributed by atoms with Gasteiger partial charge in [0, 0.05) is 32.6 Å². The number of carboxylic acids is 2. The number of anilines is 2. The summed E-state index contributed by atoms with van der Waals surface area (Å²) >= 11 is 0. The van der Waals surface area contributed by atoms with E-state index in [0.717, 1.165) is 24.6 Å². The van der Waals surface area contributed by atoms with Gasteiger partial charge in [-0.05, 0) is 32.4 Å². The van der Waals surface area contributed by atoms with Gasteiger partial charge in [-0.1, -0.05) is 0 Å². The lowest BCUT2D eigenvalue weighted by atomic mass is 10.2. The van der Waals surface area contributed by atoms with Crippen molar-refractivity contribution in [2.45, 2.75) is 33.1 Å². The molecule has 0 fully saturated rings. The summed E-state index contributed by atoms with van der Waals surface area (Å²) in [5.74, 6) is -0.846. The molecule has 7 heteroatoms. The first-order chi connectivity index (χ1) is 11.0. The first kappa shape index (κ1) is 18.7. The first-order valence-corrected chi connectivity index (χ1v) is 7.87. The molecular weight excluding hydrogens is 298 g/mol. The van der Waals surface area contributed by atoms with E-state index in [0.29, 0.717) is 19.5 Å². The largest absolute Gasteiger partial charge is 0.481 e. The standard InChI is InChI=1S/C16H25N3O4/c1-3-18(4-2)14-8-7-13(12-17-14)19(11-9-16(22)23)10-5-6-15(20)21/h7-8,12H,3-6,9-11H2,1-2H3,(H,20,21)(H,22,23). The van der Waals surface area contributed by atoms with E-state index in [4.69, 9.17) is 10.2 Å². The molecule has 1 heterocycles. The Morgan fingerprint density at radius 1 is 1.00 bits per heavy atom. The van der Waals surface area contributed by atoms with E-state index < -0.39 is 11.9 Å². The van der Waals surface area contributed by atoms with Gasteiger partial charge in [0.25, 0.3) is 0 Å². The molecule has 0 bridgehead atoms. The number of carbonyl (C=O) groups is 2. The molecule has 0 atom stereocenters. The minimum absolute atomic E-state index is 0.00483. The highest BCUT2D eigenvalue weighted by Crippen LogP contribution is 2.18. The van der Waals surface area contributed by atoms with E-state index in [1.165, 1.54) is 0 Å². The van der Waals surface area contributed by atoms with Crippen LogP contribution >= 0.6 is 0 Å². The Bertz CT molecular complexity index is 501. The third-order valence-corrected chi connectivity index (χ3v) is 3.60. The molecule has 7 nitrogen and oxygen atoms in total. The Balaban J connectivity index is 2.78. The fourth-order valence-corrected chi connectivity index (χ4v) is 2.32. The number of aliphatic carboxylic acids is 2. The van der Waals surface area contributed by atoms with Crippen molar-refractivity contribution in [3.63, 3.8) is 0 Å². The number of aromatic nitrogens is 1. The molecule has 0 amide bonds. The molecule has 1 aromatic heterocycles. The van der Waals surface area contributed by atoms with Crippen molar-refractivity contribution in [2.75, 3.05) is 36.0 Å². The Labute approximate surface area is 136 Å². The van der Waals surface area contributed by atoms with Crippen LogP contribution in [0.15, 0.2) is 18.3 Å². The molecule has 0 radical (unpaired) electrons. The van der Waals surface area contributed by atoms with Crippen molar-refractivity contribution in [1.82, 2.24) is 4.98 Å². The normalized spacial score (nSPS) is 10.3. The van der Waals surface area contributed by atoms with Gasteiger partial charge >= 0.3 is 11.9 Å². The van der Waals surface area contributed by atoms with Crippen LogP contribution in [0.1, 0.15) is 33.1 Å². The zero-order valence-corrected chi connectivity index (χ0v) is 13.7. The molecule has 0 aromatic carbocycles. The van der Waals surface area contributed by atoms with Crippen molar-refractivity contribution >= 4 is 23.4 Å². The second kappa shape index (κ2) is 9.66. The quantitative estimate of drug-likeness (QED) is 0.644.